The predicted molar refractivity (Wildman–Crippen MR) is 82.0 cm³/mol. The van der Waals surface area contributed by atoms with Gasteiger partial charge in [0.2, 0.25) is 5.76 Å². The molecule has 1 aromatic carbocycles. The van der Waals surface area contributed by atoms with E-state index in [0.29, 0.717) is 0 Å². The molecule has 0 radical (unpaired) electrons. The van der Waals surface area contributed by atoms with Gasteiger partial charge in [0.25, 0.3) is 0 Å². The van der Waals surface area contributed by atoms with E-state index >= 15 is 0 Å². The molecule has 1 N–H and O–H groups in total. The third-order valence-electron chi connectivity index (χ3n) is 2.85. The number of carbonyl (C=O) groups excluding carboxylic acids is 2. The Morgan fingerprint density at radius 3 is 2.32 bits per heavy atom. The van der Waals surface area contributed by atoms with Crippen molar-refractivity contribution in [2.45, 2.75) is 26.1 Å². The molecule has 0 saturated carbocycles. The smallest absolute Gasteiger partial charge is 0.416 e. The standard InChI is InChI=1S/C17H17F3O5/c1-3-24-16(23)15(25-11(2)21)6-4-5-14(22)12-7-9-13(10-8-12)17(18,19)20/h4-10,14,22H,3H2,1-2H3/b5-4+,15-6-. The van der Waals surface area contributed by atoms with Crippen LogP contribution in [-0.2, 0) is 25.2 Å². The van der Waals surface area contributed by atoms with Crippen LogP contribution in [0.4, 0.5) is 13.2 Å². The minimum atomic E-state index is -4.46. The first-order chi connectivity index (χ1) is 11.6. The number of hydrogen-bond acceptors (Lipinski definition) is 5. The van der Waals surface area contributed by atoms with E-state index in [1.165, 1.54) is 12.2 Å². The highest BCUT2D eigenvalue weighted by molar-refractivity contribution is 5.89. The minimum absolute atomic E-state index is 0.0787. The average Bonchev–Trinajstić information content (AvgIpc) is 2.53. The fourth-order valence-corrected chi connectivity index (χ4v) is 1.73. The molecule has 0 aliphatic heterocycles. The van der Waals surface area contributed by atoms with Crippen LogP contribution in [0.3, 0.4) is 0 Å². The Labute approximate surface area is 142 Å². The van der Waals surface area contributed by atoms with E-state index in [-0.39, 0.29) is 17.9 Å². The third kappa shape index (κ3) is 6.80. The second-order valence-electron chi connectivity index (χ2n) is 4.79. The maximum Gasteiger partial charge on any atom is 0.416 e. The highest BCUT2D eigenvalue weighted by Gasteiger charge is 2.30. The molecule has 0 amide bonds. The number of aliphatic hydroxyl groups is 1. The summed E-state index contributed by atoms with van der Waals surface area (Å²) in [4.78, 5) is 22.5. The summed E-state index contributed by atoms with van der Waals surface area (Å²) in [7, 11) is 0. The molecule has 8 heteroatoms. The number of benzene rings is 1. The number of allylic oxidation sites excluding steroid dienone is 2. The monoisotopic (exact) mass is 358 g/mol. The lowest BCUT2D eigenvalue weighted by atomic mass is 10.1. The SMILES string of the molecule is CCOC(=O)/C(=C/C=C/C(O)c1ccc(C(F)(F)F)cc1)OC(C)=O. The first-order valence-corrected chi connectivity index (χ1v) is 7.24. The zero-order valence-corrected chi connectivity index (χ0v) is 13.5. The number of hydrogen-bond donors (Lipinski definition) is 1. The first kappa shape index (κ1) is 20.4. The molecular weight excluding hydrogens is 341 g/mol. The second kappa shape index (κ2) is 9.03. The van der Waals surface area contributed by atoms with Crippen LogP contribution in [0.1, 0.15) is 31.1 Å². The van der Waals surface area contributed by atoms with Gasteiger partial charge in [-0.2, -0.15) is 13.2 Å². The number of halogens is 3. The van der Waals surface area contributed by atoms with E-state index in [9.17, 15) is 27.9 Å². The molecule has 0 fully saturated rings. The summed E-state index contributed by atoms with van der Waals surface area (Å²) in [5, 5.41) is 9.93. The summed E-state index contributed by atoms with van der Waals surface area (Å²) in [6.45, 7) is 2.76. The molecule has 0 bridgehead atoms. The largest absolute Gasteiger partial charge is 0.460 e. The van der Waals surface area contributed by atoms with Crippen LogP contribution in [0.2, 0.25) is 0 Å². The van der Waals surface area contributed by atoms with Gasteiger partial charge in [0, 0.05) is 6.92 Å². The van der Waals surface area contributed by atoms with Crippen molar-refractivity contribution >= 4 is 11.9 Å². The van der Waals surface area contributed by atoms with Gasteiger partial charge in [-0.25, -0.2) is 4.79 Å². The van der Waals surface area contributed by atoms with Gasteiger partial charge in [-0.15, -0.1) is 0 Å². The van der Waals surface area contributed by atoms with Gasteiger partial charge in [0.05, 0.1) is 18.3 Å². The maximum absolute atomic E-state index is 12.5. The molecule has 0 saturated heterocycles. The summed E-state index contributed by atoms with van der Waals surface area (Å²) in [6.07, 6.45) is -2.10. The number of alkyl halides is 3. The molecule has 5 nitrogen and oxygen atoms in total. The molecule has 1 rings (SSSR count). The topological polar surface area (TPSA) is 72.8 Å². The Balaban J connectivity index is 2.86. The Morgan fingerprint density at radius 2 is 1.84 bits per heavy atom. The number of rotatable bonds is 6. The summed E-state index contributed by atoms with van der Waals surface area (Å²) < 4.78 is 46.9. The van der Waals surface area contributed by atoms with E-state index in [0.717, 1.165) is 37.3 Å². The van der Waals surface area contributed by atoms with Crippen LogP contribution in [0, 0.1) is 0 Å². The highest BCUT2D eigenvalue weighted by atomic mass is 19.4. The molecule has 25 heavy (non-hydrogen) atoms. The van der Waals surface area contributed by atoms with Crippen molar-refractivity contribution in [1.29, 1.82) is 0 Å². The quantitative estimate of drug-likeness (QED) is 0.366. The highest BCUT2D eigenvalue weighted by Crippen LogP contribution is 2.30. The van der Waals surface area contributed by atoms with E-state index in [1.807, 2.05) is 0 Å². The van der Waals surface area contributed by atoms with Crippen LogP contribution in [0.15, 0.2) is 48.3 Å². The van der Waals surface area contributed by atoms with Gasteiger partial charge >= 0.3 is 18.1 Å². The summed E-state index contributed by atoms with van der Waals surface area (Å²) in [5.41, 5.74) is -0.602. The predicted octanol–water partition coefficient (Wildman–Crippen LogP) is 3.31. The van der Waals surface area contributed by atoms with Gasteiger partial charge in [0.1, 0.15) is 0 Å². The van der Waals surface area contributed by atoms with Crippen LogP contribution >= 0.6 is 0 Å². The second-order valence-corrected chi connectivity index (χ2v) is 4.79. The normalized spacial score (nSPS) is 13.6. The Bertz CT molecular complexity index is 660. The lowest BCUT2D eigenvalue weighted by Crippen LogP contribution is -2.12. The van der Waals surface area contributed by atoms with Gasteiger partial charge < -0.3 is 14.6 Å². The number of esters is 2. The molecule has 0 spiro atoms. The minimum Gasteiger partial charge on any atom is -0.460 e. The molecule has 1 unspecified atom stereocenters. The van der Waals surface area contributed by atoms with Crippen LogP contribution in [-0.4, -0.2) is 23.7 Å². The number of aliphatic hydroxyl groups excluding tert-OH is 1. The Morgan fingerprint density at radius 1 is 1.24 bits per heavy atom. The molecule has 0 aliphatic carbocycles. The van der Waals surface area contributed by atoms with Crippen molar-refractivity contribution in [2.24, 2.45) is 0 Å². The number of carbonyl (C=O) groups is 2. The summed E-state index contributed by atoms with van der Waals surface area (Å²) in [6, 6.07) is 3.98. The van der Waals surface area contributed by atoms with Crippen molar-refractivity contribution in [3.8, 4) is 0 Å². The van der Waals surface area contributed by atoms with E-state index in [2.05, 4.69) is 0 Å². The lowest BCUT2D eigenvalue weighted by molar-refractivity contribution is -0.150. The molecule has 1 atom stereocenters. The Kier molecular flexibility index (Phi) is 7.38. The fourth-order valence-electron chi connectivity index (χ4n) is 1.73. The summed E-state index contributed by atoms with van der Waals surface area (Å²) in [5.74, 6) is -1.95. The van der Waals surface area contributed by atoms with Crippen molar-refractivity contribution in [3.05, 3.63) is 59.4 Å². The van der Waals surface area contributed by atoms with Crippen molar-refractivity contribution in [1.82, 2.24) is 0 Å². The van der Waals surface area contributed by atoms with Crippen LogP contribution in [0.5, 0.6) is 0 Å². The first-order valence-electron chi connectivity index (χ1n) is 7.24. The summed E-state index contributed by atoms with van der Waals surface area (Å²) >= 11 is 0. The van der Waals surface area contributed by atoms with E-state index in [1.54, 1.807) is 6.92 Å². The van der Waals surface area contributed by atoms with E-state index < -0.39 is 29.8 Å². The molecular formula is C17H17F3O5. The zero-order valence-electron chi connectivity index (χ0n) is 13.5. The van der Waals surface area contributed by atoms with Crippen LogP contribution < -0.4 is 0 Å². The van der Waals surface area contributed by atoms with Crippen molar-refractivity contribution < 1.29 is 37.3 Å². The molecule has 136 valence electrons. The van der Waals surface area contributed by atoms with Crippen molar-refractivity contribution in [2.75, 3.05) is 6.61 Å². The molecule has 0 heterocycles. The van der Waals surface area contributed by atoms with E-state index in [4.69, 9.17) is 9.47 Å². The van der Waals surface area contributed by atoms with Crippen molar-refractivity contribution in [3.63, 3.8) is 0 Å². The molecule has 0 aromatic heterocycles. The third-order valence-corrected chi connectivity index (χ3v) is 2.85. The fraction of sp³-hybridized carbons (Fsp3) is 0.294. The zero-order chi connectivity index (χ0) is 19.0. The molecule has 1 aromatic rings. The van der Waals surface area contributed by atoms with Gasteiger partial charge in [-0.1, -0.05) is 24.3 Å². The lowest BCUT2D eigenvalue weighted by Gasteiger charge is -2.09. The number of ether oxygens (including phenoxy) is 2. The van der Waals surface area contributed by atoms with Gasteiger partial charge in [-0.3, -0.25) is 4.79 Å². The van der Waals surface area contributed by atoms with Gasteiger partial charge in [0.15, 0.2) is 0 Å². The molecule has 0 aliphatic rings. The average molecular weight is 358 g/mol. The van der Waals surface area contributed by atoms with Crippen LogP contribution in [0.25, 0.3) is 0 Å². The Hall–Kier alpha value is -2.61. The maximum atomic E-state index is 12.5. The van der Waals surface area contributed by atoms with Gasteiger partial charge in [-0.05, 0) is 30.7 Å².